The zero-order chi connectivity index (χ0) is 37.1. The number of pyridine rings is 2. The van der Waals surface area contributed by atoms with Crippen molar-refractivity contribution in [2.75, 3.05) is 0 Å². The van der Waals surface area contributed by atoms with Crippen LogP contribution >= 0.6 is 0 Å². The molecule has 0 saturated heterocycles. The van der Waals surface area contributed by atoms with Crippen molar-refractivity contribution >= 4 is 65.3 Å². The van der Waals surface area contributed by atoms with E-state index in [1.165, 1.54) is 49.5 Å². The molecule has 0 aliphatic heterocycles. The van der Waals surface area contributed by atoms with Gasteiger partial charge in [-0.15, -0.1) is 0 Å². The summed E-state index contributed by atoms with van der Waals surface area (Å²) in [5, 5.41) is 9.23. The van der Waals surface area contributed by atoms with Crippen molar-refractivity contribution in [3.63, 3.8) is 0 Å². The maximum atomic E-state index is 6.89. The number of fused-ring (bicyclic) bond motifs is 13. The lowest BCUT2D eigenvalue weighted by Gasteiger charge is -2.23. The van der Waals surface area contributed by atoms with Crippen LogP contribution in [-0.2, 0) is 5.41 Å². The predicted octanol–water partition coefficient (Wildman–Crippen LogP) is 14.3. The van der Waals surface area contributed by atoms with Gasteiger partial charge < -0.3 is 4.42 Å². The first-order chi connectivity index (χ1) is 27.5. The fourth-order valence-corrected chi connectivity index (χ4v) is 9.56. The third-order valence-electron chi connectivity index (χ3n) is 12.3. The highest BCUT2D eigenvalue weighted by atomic mass is 16.3. The Hall–Kier alpha value is -7.10. The van der Waals surface area contributed by atoms with E-state index in [1.807, 2.05) is 12.3 Å². The molecule has 11 aromatic rings. The number of nitrogens with zero attached hydrogens (tertiary/aromatic N) is 2. The monoisotopic (exact) mass is 714 g/mol. The number of hydrogen-bond acceptors (Lipinski definition) is 3. The molecule has 0 bridgehead atoms. The number of furan rings is 1. The van der Waals surface area contributed by atoms with Crippen LogP contribution in [0.15, 0.2) is 174 Å². The van der Waals surface area contributed by atoms with Crippen LogP contribution in [0.3, 0.4) is 0 Å². The fourth-order valence-electron chi connectivity index (χ4n) is 9.56. The van der Waals surface area contributed by atoms with Crippen LogP contribution < -0.4 is 0 Å². The van der Waals surface area contributed by atoms with Gasteiger partial charge in [-0.3, -0.25) is 4.98 Å². The largest absolute Gasteiger partial charge is 0.455 e. The van der Waals surface area contributed by atoms with Crippen molar-refractivity contribution in [2.24, 2.45) is 0 Å². The molecule has 3 heterocycles. The first kappa shape index (κ1) is 31.3. The highest BCUT2D eigenvalue weighted by Gasteiger charge is 2.38. The summed E-state index contributed by atoms with van der Waals surface area (Å²) in [6.45, 7) is 4.69. The van der Waals surface area contributed by atoms with E-state index < -0.39 is 0 Å². The predicted molar refractivity (Wildman–Crippen MR) is 233 cm³/mol. The molecular weight excluding hydrogens is 681 g/mol. The number of hydrogen-bond donors (Lipinski definition) is 0. The summed E-state index contributed by atoms with van der Waals surface area (Å²) in [6, 6.07) is 59.0. The second-order valence-electron chi connectivity index (χ2n) is 15.7. The molecule has 8 aromatic carbocycles. The SMILES string of the molecule is CC1(C)c2ccccc2-c2c1cc(-c1ccc(-c3ccc4ccc5cc(-c6ccccc6)cnc5c4n3)c3ccc4ccccc4c13)c1c2oc2ccccc21. The fraction of sp³-hybridized carbons (Fsp3) is 0.0566. The maximum absolute atomic E-state index is 6.89. The molecule has 0 saturated carbocycles. The van der Waals surface area contributed by atoms with E-state index in [9.17, 15) is 0 Å². The lowest BCUT2D eigenvalue weighted by molar-refractivity contribution is 0.653. The number of rotatable bonds is 3. The Bertz CT molecular complexity index is 3450. The second-order valence-corrected chi connectivity index (χ2v) is 15.7. The molecule has 0 spiro atoms. The quantitative estimate of drug-likeness (QED) is 0.171. The molecule has 3 aromatic heterocycles. The van der Waals surface area contributed by atoms with Crippen LogP contribution in [0.2, 0.25) is 0 Å². The number of aromatic nitrogens is 2. The third kappa shape index (κ3) is 4.34. The number of benzene rings is 8. The van der Waals surface area contributed by atoms with E-state index in [-0.39, 0.29) is 5.41 Å². The Kier molecular flexibility index (Phi) is 6.40. The Morgan fingerprint density at radius 2 is 1.20 bits per heavy atom. The molecular formula is C53H34N2O. The topological polar surface area (TPSA) is 38.9 Å². The van der Waals surface area contributed by atoms with Crippen molar-refractivity contribution in [3.8, 4) is 44.6 Å². The van der Waals surface area contributed by atoms with Crippen LogP contribution in [0, 0.1) is 0 Å². The first-order valence-corrected chi connectivity index (χ1v) is 19.3. The highest BCUT2D eigenvalue weighted by molar-refractivity contribution is 6.24. The molecule has 0 radical (unpaired) electrons. The molecule has 0 fully saturated rings. The van der Waals surface area contributed by atoms with Crippen molar-refractivity contribution in [2.45, 2.75) is 19.3 Å². The van der Waals surface area contributed by atoms with Gasteiger partial charge in [-0.05, 0) is 79.2 Å². The normalized spacial score (nSPS) is 13.3. The van der Waals surface area contributed by atoms with Gasteiger partial charge in [0.25, 0.3) is 0 Å². The van der Waals surface area contributed by atoms with Crippen LogP contribution in [0.4, 0.5) is 0 Å². The lowest BCUT2D eigenvalue weighted by atomic mass is 9.80. The molecule has 12 rings (SSSR count). The highest BCUT2D eigenvalue weighted by Crippen LogP contribution is 2.55. The van der Waals surface area contributed by atoms with Crippen LogP contribution in [-0.4, -0.2) is 9.97 Å². The molecule has 0 unspecified atom stereocenters. The summed E-state index contributed by atoms with van der Waals surface area (Å²) in [4.78, 5) is 10.4. The van der Waals surface area contributed by atoms with Gasteiger partial charge in [0.05, 0.1) is 16.7 Å². The summed E-state index contributed by atoms with van der Waals surface area (Å²) in [5.74, 6) is 0. The van der Waals surface area contributed by atoms with Crippen molar-refractivity contribution in [1.29, 1.82) is 0 Å². The molecule has 0 amide bonds. The van der Waals surface area contributed by atoms with Gasteiger partial charge in [-0.25, -0.2) is 4.98 Å². The van der Waals surface area contributed by atoms with Gasteiger partial charge in [-0.2, -0.15) is 0 Å². The third-order valence-corrected chi connectivity index (χ3v) is 12.3. The van der Waals surface area contributed by atoms with E-state index in [1.54, 1.807) is 0 Å². The van der Waals surface area contributed by atoms with Gasteiger partial charge in [0.15, 0.2) is 0 Å². The summed E-state index contributed by atoms with van der Waals surface area (Å²) < 4.78 is 6.89. The van der Waals surface area contributed by atoms with Gasteiger partial charge in [-0.1, -0.05) is 153 Å². The molecule has 0 N–H and O–H groups in total. The molecule has 1 aliphatic rings. The van der Waals surface area contributed by atoms with Crippen molar-refractivity contribution < 1.29 is 4.42 Å². The minimum absolute atomic E-state index is 0.195. The average Bonchev–Trinajstić information content (AvgIpc) is 3.75. The molecule has 262 valence electrons. The summed E-state index contributed by atoms with van der Waals surface area (Å²) in [6.07, 6.45) is 1.97. The van der Waals surface area contributed by atoms with E-state index >= 15 is 0 Å². The Balaban J connectivity index is 1.14. The van der Waals surface area contributed by atoms with Gasteiger partial charge in [0, 0.05) is 49.8 Å². The summed E-state index contributed by atoms with van der Waals surface area (Å²) in [7, 11) is 0. The van der Waals surface area contributed by atoms with Crippen molar-refractivity contribution in [3.05, 3.63) is 181 Å². The van der Waals surface area contributed by atoms with E-state index in [4.69, 9.17) is 14.4 Å². The number of para-hydroxylation sites is 1. The minimum Gasteiger partial charge on any atom is -0.455 e. The molecule has 3 heteroatoms. The van der Waals surface area contributed by atoms with Crippen molar-refractivity contribution in [1.82, 2.24) is 9.97 Å². The van der Waals surface area contributed by atoms with Crippen LogP contribution in [0.5, 0.6) is 0 Å². The molecule has 1 aliphatic carbocycles. The van der Waals surface area contributed by atoms with E-state index in [0.717, 1.165) is 71.5 Å². The van der Waals surface area contributed by atoms with Gasteiger partial charge in [0.1, 0.15) is 11.2 Å². The summed E-state index contributed by atoms with van der Waals surface area (Å²) in [5.41, 5.74) is 15.2. The molecule has 56 heavy (non-hydrogen) atoms. The molecule has 3 nitrogen and oxygen atoms in total. The molecule has 0 atom stereocenters. The first-order valence-electron chi connectivity index (χ1n) is 19.3. The Labute approximate surface area is 323 Å². The smallest absolute Gasteiger partial charge is 0.144 e. The van der Waals surface area contributed by atoms with Gasteiger partial charge >= 0.3 is 0 Å². The zero-order valence-corrected chi connectivity index (χ0v) is 31.0. The van der Waals surface area contributed by atoms with Crippen LogP contribution in [0.25, 0.3) is 110 Å². The maximum Gasteiger partial charge on any atom is 0.144 e. The van der Waals surface area contributed by atoms with E-state index in [0.29, 0.717) is 0 Å². The Morgan fingerprint density at radius 1 is 0.464 bits per heavy atom. The standard InChI is InChI=1S/C53H34N2O/c1-53(2)43-18-10-8-16-40(43)49-44(53)29-42(48-41-17-9-11-19-46(41)56-52(48)49)39-26-25-37(38-24-22-32-14-6-7-15-36(32)47(38)39)45-27-23-33-20-21-34-28-35(31-12-4-3-5-13-31)30-54-50(34)51(33)55-45/h3-30H,1-2H3. The lowest BCUT2D eigenvalue weighted by Crippen LogP contribution is -2.15. The van der Waals surface area contributed by atoms with Gasteiger partial charge in [0.2, 0.25) is 0 Å². The average molecular weight is 715 g/mol. The minimum atomic E-state index is -0.195. The summed E-state index contributed by atoms with van der Waals surface area (Å²) >= 11 is 0. The Morgan fingerprint density at radius 3 is 2.11 bits per heavy atom. The zero-order valence-electron chi connectivity index (χ0n) is 31.0. The second kappa shape index (κ2) is 11.5. The van der Waals surface area contributed by atoms with E-state index in [2.05, 4.69) is 172 Å². The van der Waals surface area contributed by atoms with Crippen LogP contribution in [0.1, 0.15) is 25.0 Å².